The SMILES string of the molecule is [C-]#[N+]c1ccccc1N(c1ccccc1)c1ccc2ccc3c(N(c4ccccc4)c4ccccc4[Si](C)(C)C)ccc4ccc1c2c43. The van der Waals surface area contributed by atoms with E-state index in [2.05, 4.69) is 162 Å². The first kappa shape index (κ1) is 29.5. The molecular formula is C44H35N3Si. The van der Waals surface area contributed by atoms with Crippen LogP contribution in [0.15, 0.2) is 158 Å². The second kappa shape index (κ2) is 11.7. The molecule has 0 aliphatic heterocycles. The Balaban J connectivity index is 1.43. The molecule has 0 aliphatic carbocycles. The van der Waals surface area contributed by atoms with E-state index in [-0.39, 0.29) is 0 Å². The first-order valence-corrected chi connectivity index (χ1v) is 19.9. The largest absolute Gasteiger partial charge is 0.320 e. The summed E-state index contributed by atoms with van der Waals surface area (Å²) in [6.45, 7) is 15.3. The zero-order valence-corrected chi connectivity index (χ0v) is 28.4. The predicted octanol–water partition coefficient (Wildman–Crippen LogP) is 12.6. The zero-order chi connectivity index (χ0) is 32.8. The van der Waals surface area contributed by atoms with Gasteiger partial charge in [-0.1, -0.05) is 129 Å². The smallest absolute Gasteiger partial charge is 0.210 e. The second-order valence-electron chi connectivity index (χ2n) is 13.3. The van der Waals surface area contributed by atoms with Gasteiger partial charge in [-0.2, -0.15) is 0 Å². The maximum atomic E-state index is 7.99. The van der Waals surface area contributed by atoms with Crippen molar-refractivity contribution in [2.24, 2.45) is 0 Å². The number of nitrogens with zero attached hydrogens (tertiary/aromatic N) is 3. The highest BCUT2D eigenvalue weighted by molar-refractivity contribution is 6.89. The topological polar surface area (TPSA) is 10.8 Å². The van der Waals surface area contributed by atoms with Crippen LogP contribution in [0.25, 0.3) is 37.2 Å². The molecule has 230 valence electrons. The Morgan fingerprint density at radius 3 is 1.40 bits per heavy atom. The number of hydrogen-bond acceptors (Lipinski definition) is 2. The molecule has 0 atom stereocenters. The van der Waals surface area contributed by atoms with E-state index in [1.54, 1.807) is 0 Å². The summed E-state index contributed by atoms with van der Waals surface area (Å²) in [6, 6.07) is 56.1. The van der Waals surface area contributed by atoms with E-state index in [0.717, 1.165) is 33.8 Å². The van der Waals surface area contributed by atoms with Crippen LogP contribution < -0.4 is 15.0 Å². The Morgan fingerprint density at radius 2 is 0.875 bits per heavy atom. The van der Waals surface area contributed by atoms with Crippen LogP contribution in [0.2, 0.25) is 19.6 Å². The summed E-state index contributed by atoms with van der Waals surface area (Å²) in [5.41, 5.74) is 7.10. The Bertz CT molecular complexity index is 2460. The summed E-state index contributed by atoms with van der Waals surface area (Å²) in [4.78, 5) is 8.62. The molecule has 0 aliphatic rings. The molecule has 0 saturated heterocycles. The molecule has 0 saturated carbocycles. The third-order valence-corrected chi connectivity index (χ3v) is 11.4. The van der Waals surface area contributed by atoms with Gasteiger partial charge in [0.15, 0.2) is 0 Å². The molecule has 0 bridgehead atoms. The van der Waals surface area contributed by atoms with Crippen molar-refractivity contribution in [1.29, 1.82) is 0 Å². The molecule has 0 heterocycles. The molecule has 4 heteroatoms. The summed E-state index contributed by atoms with van der Waals surface area (Å²) in [5, 5.41) is 8.69. The molecular weight excluding hydrogens is 599 g/mol. The lowest BCUT2D eigenvalue weighted by molar-refractivity contribution is 1.30. The highest BCUT2D eigenvalue weighted by atomic mass is 28.3. The third kappa shape index (κ3) is 4.88. The van der Waals surface area contributed by atoms with Gasteiger partial charge in [-0.25, -0.2) is 4.85 Å². The van der Waals surface area contributed by atoms with Gasteiger partial charge in [0.1, 0.15) is 0 Å². The summed E-state index contributed by atoms with van der Waals surface area (Å²) in [7, 11) is -1.70. The van der Waals surface area contributed by atoms with E-state index in [0.29, 0.717) is 5.69 Å². The van der Waals surface area contributed by atoms with Gasteiger partial charge in [-0.3, -0.25) is 0 Å². The Hall–Kier alpha value is -5.89. The summed E-state index contributed by atoms with van der Waals surface area (Å²) in [6.07, 6.45) is 0. The normalized spacial score (nSPS) is 11.6. The lowest BCUT2D eigenvalue weighted by Gasteiger charge is -2.32. The average Bonchev–Trinajstić information content (AvgIpc) is 3.12. The lowest BCUT2D eigenvalue weighted by Crippen LogP contribution is -2.40. The van der Waals surface area contributed by atoms with Crippen LogP contribution in [0.5, 0.6) is 0 Å². The van der Waals surface area contributed by atoms with Crippen LogP contribution in [0, 0.1) is 6.57 Å². The minimum atomic E-state index is -1.70. The van der Waals surface area contributed by atoms with Crippen molar-refractivity contribution >= 4 is 85.4 Å². The van der Waals surface area contributed by atoms with E-state index < -0.39 is 8.07 Å². The summed E-state index contributed by atoms with van der Waals surface area (Å²) >= 11 is 0. The molecule has 8 rings (SSSR count). The first-order valence-electron chi connectivity index (χ1n) is 16.4. The highest BCUT2D eigenvalue weighted by Crippen LogP contribution is 2.48. The van der Waals surface area contributed by atoms with E-state index in [4.69, 9.17) is 6.57 Å². The Labute approximate surface area is 283 Å². The number of benzene rings is 8. The molecule has 0 radical (unpaired) electrons. The number of rotatable bonds is 7. The van der Waals surface area contributed by atoms with Gasteiger partial charge in [0.05, 0.1) is 31.7 Å². The fourth-order valence-corrected chi connectivity index (χ4v) is 8.74. The van der Waals surface area contributed by atoms with E-state index in [1.165, 1.54) is 37.8 Å². The van der Waals surface area contributed by atoms with Gasteiger partial charge in [-0.15, -0.1) is 0 Å². The summed E-state index contributed by atoms with van der Waals surface area (Å²) in [5.74, 6) is 0. The minimum absolute atomic E-state index is 0.619. The molecule has 48 heavy (non-hydrogen) atoms. The molecule has 0 fully saturated rings. The molecule has 0 aromatic heterocycles. The van der Waals surface area contributed by atoms with Gasteiger partial charge < -0.3 is 9.80 Å². The molecule has 0 N–H and O–H groups in total. The standard InChI is InChI=1S/C44H35N3Si/c1-45-37-19-11-12-20-40(37)46(33-15-7-5-8-16-33)38-29-25-31-24-28-36-39(30-26-32-23-27-35(38)43(31)44(32)36)47(34-17-9-6-10-18-34)41-21-13-14-22-42(41)48(2,3)4/h5-30H,2-4H3. The molecule has 0 unspecified atom stereocenters. The fourth-order valence-electron chi connectivity index (χ4n) is 7.18. The molecule has 8 aromatic rings. The maximum absolute atomic E-state index is 7.99. The molecule has 3 nitrogen and oxygen atoms in total. The van der Waals surface area contributed by atoms with Crippen molar-refractivity contribution in [2.45, 2.75) is 19.6 Å². The van der Waals surface area contributed by atoms with Crippen LogP contribution in [0.3, 0.4) is 0 Å². The quantitative estimate of drug-likeness (QED) is 0.0982. The molecule has 0 spiro atoms. The van der Waals surface area contributed by atoms with Crippen molar-refractivity contribution in [1.82, 2.24) is 0 Å². The van der Waals surface area contributed by atoms with Crippen LogP contribution >= 0.6 is 0 Å². The first-order chi connectivity index (χ1) is 23.4. The maximum Gasteiger partial charge on any atom is 0.210 e. The monoisotopic (exact) mass is 633 g/mol. The second-order valence-corrected chi connectivity index (χ2v) is 18.3. The lowest BCUT2D eigenvalue weighted by atomic mass is 9.91. The number of hydrogen-bond donors (Lipinski definition) is 0. The zero-order valence-electron chi connectivity index (χ0n) is 27.4. The van der Waals surface area contributed by atoms with Crippen molar-refractivity contribution in [2.75, 3.05) is 9.80 Å². The van der Waals surface area contributed by atoms with Gasteiger partial charge in [0.2, 0.25) is 5.69 Å². The third-order valence-electron chi connectivity index (χ3n) is 9.33. The minimum Gasteiger partial charge on any atom is -0.320 e. The Kier molecular flexibility index (Phi) is 7.21. The van der Waals surface area contributed by atoms with Crippen LogP contribution in [0.4, 0.5) is 39.8 Å². The van der Waals surface area contributed by atoms with Crippen LogP contribution in [-0.4, -0.2) is 8.07 Å². The van der Waals surface area contributed by atoms with Crippen LogP contribution in [0.1, 0.15) is 0 Å². The number of anilines is 6. The van der Waals surface area contributed by atoms with Crippen LogP contribution in [-0.2, 0) is 0 Å². The van der Waals surface area contributed by atoms with Crippen molar-refractivity contribution in [3.8, 4) is 0 Å². The van der Waals surface area contributed by atoms with E-state index >= 15 is 0 Å². The highest BCUT2D eigenvalue weighted by Gasteiger charge is 2.26. The Morgan fingerprint density at radius 1 is 0.438 bits per heavy atom. The van der Waals surface area contributed by atoms with Gasteiger partial charge in [-0.05, 0) is 75.3 Å². The van der Waals surface area contributed by atoms with E-state index in [1.807, 2.05) is 30.3 Å². The van der Waals surface area contributed by atoms with Gasteiger partial charge >= 0.3 is 0 Å². The fraction of sp³-hybridized carbons (Fsp3) is 0.0682. The van der Waals surface area contributed by atoms with Crippen molar-refractivity contribution < 1.29 is 0 Å². The van der Waals surface area contributed by atoms with Gasteiger partial charge in [0.25, 0.3) is 0 Å². The molecule has 8 aromatic carbocycles. The average molecular weight is 634 g/mol. The summed E-state index contributed by atoms with van der Waals surface area (Å²) < 4.78 is 0. The predicted molar refractivity (Wildman–Crippen MR) is 209 cm³/mol. The van der Waals surface area contributed by atoms with Crippen molar-refractivity contribution in [3.05, 3.63) is 169 Å². The van der Waals surface area contributed by atoms with E-state index in [9.17, 15) is 0 Å². The van der Waals surface area contributed by atoms with Gasteiger partial charge in [0, 0.05) is 27.8 Å². The van der Waals surface area contributed by atoms with Crippen molar-refractivity contribution in [3.63, 3.8) is 0 Å². The number of para-hydroxylation sites is 5. The molecule has 0 amide bonds.